The minimum absolute atomic E-state index is 0.0350. The fraction of sp³-hybridized carbons (Fsp3) is 0.524. The van der Waals surface area contributed by atoms with Gasteiger partial charge in [0.05, 0.1) is 6.61 Å². The number of benzene rings is 1. The number of carbonyl (C=O) groups is 2. The number of nitrogens with one attached hydrogen (secondary N) is 1. The third-order valence-electron chi connectivity index (χ3n) is 4.65. The van der Waals surface area contributed by atoms with Gasteiger partial charge in [-0.1, -0.05) is 30.9 Å². The lowest BCUT2D eigenvalue weighted by Crippen LogP contribution is -2.46. The number of aryl methyl sites for hydroxylation is 2. The Morgan fingerprint density at radius 2 is 1.93 bits per heavy atom. The number of ether oxygens (including phenoxy) is 2. The highest BCUT2D eigenvalue weighted by molar-refractivity contribution is 5.76. The van der Waals surface area contributed by atoms with Crippen molar-refractivity contribution < 1.29 is 19.1 Å². The monoisotopic (exact) mass is 374 g/mol. The highest BCUT2D eigenvalue weighted by Gasteiger charge is 2.24. The van der Waals surface area contributed by atoms with Crippen molar-refractivity contribution >= 4 is 12.0 Å². The molecular formula is C21H30N2O4. The second-order valence-electron chi connectivity index (χ2n) is 6.87. The second kappa shape index (κ2) is 10.6. The summed E-state index contributed by atoms with van der Waals surface area (Å²) in [6.07, 6.45) is 3.83. The molecule has 0 spiro atoms. The Morgan fingerprint density at radius 1 is 1.26 bits per heavy atom. The van der Waals surface area contributed by atoms with Gasteiger partial charge in [-0.05, 0) is 44.2 Å². The van der Waals surface area contributed by atoms with Crippen molar-refractivity contribution in [3.05, 3.63) is 42.0 Å². The highest BCUT2D eigenvalue weighted by atomic mass is 16.6. The van der Waals surface area contributed by atoms with E-state index in [1.165, 1.54) is 0 Å². The van der Waals surface area contributed by atoms with E-state index in [2.05, 4.69) is 11.9 Å². The summed E-state index contributed by atoms with van der Waals surface area (Å²) in [6.45, 7) is 9.50. The third-order valence-corrected chi connectivity index (χ3v) is 4.65. The smallest absolute Gasteiger partial charge is 0.410 e. The molecule has 0 unspecified atom stereocenters. The molecule has 1 aromatic carbocycles. The Bertz CT molecular complexity index is 631. The van der Waals surface area contributed by atoms with E-state index < -0.39 is 0 Å². The number of hydrogen-bond acceptors (Lipinski definition) is 4. The molecule has 0 atom stereocenters. The van der Waals surface area contributed by atoms with Crippen molar-refractivity contribution in [1.82, 2.24) is 10.2 Å². The van der Waals surface area contributed by atoms with Gasteiger partial charge in [0.15, 0.2) is 0 Å². The number of amides is 2. The number of hydrogen-bond donors (Lipinski definition) is 1. The van der Waals surface area contributed by atoms with Gasteiger partial charge in [-0.15, -0.1) is 0 Å². The van der Waals surface area contributed by atoms with Gasteiger partial charge in [-0.2, -0.15) is 0 Å². The molecule has 1 N–H and O–H groups in total. The zero-order valence-electron chi connectivity index (χ0n) is 16.3. The molecule has 1 aliphatic heterocycles. The topological polar surface area (TPSA) is 67.9 Å². The van der Waals surface area contributed by atoms with E-state index in [4.69, 9.17) is 9.47 Å². The Balaban J connectivity index is 1.62. The predicted octanol–water partition coefficient (Wildman–Crippen LogP) is 3.37. The average molecular weight is 374 g/mol. The largest absolute Gasteiger partial charge is 0.493 e. The summed E-state index contributed by atoms with van der Waals surface area (Å²) in [5, 5.41) is 3.05. The van der Waals surface area contributed by atoms with Crippen molar-refractivity contribution in [3.63, 3.8) is 0 Å². The summed E-state index contributed by atoms with van der Waals surface area (Å²) in [5.41, 5.74) is 2.22. The molecule has 0 saturated carbocycles. The van der Waals surface area contributed by atoms with Gasteiger partial charge in [0.25, 0.3) is 0 Å². The first-order valence-corrected chi connectivity index (χ1v) is 9.52. The molecule has 6 heteroatoms. The Hall–Kier alpha value is -2.50. The molecule has 6 nitrogen and oxygen atoms in total. The molecule has 0 aliphatic carbocycles. The third kappa shape index (κ3) is 6.62. The maximum absolute atomic E-state index is 12.1. The Labute approximate surface area is 161 Å². The van der Waals surface area contributed by atoms with E-state index in [1.54, 1.807) is 11.0 Å². The minimum atomic E-state index is -0.316. The van der Waals surface area contributed by atoms with Crippen LogP contribution in [0.1, 0.15) is 36.8 Å². The summed E-state index contributed by atoms with van der Waals surface area (Å²) in [5.74, 6) is 0.946. The van der Waals surface area contributed by atoms with Crippen LogP contribution < -0.4 is 10.1 Å². The predicted molar refractivity (Wildman–Crippen MR) is 105 cm³/mol. The summed E-state index contributed by atoms with van der Waals surface area (Å²) >= 11 is 0. The molecule has 0 aromatic heterocycles. The molecule has 1 aliphatic rings. The minimum Gasteiger partial charge on any atom is -0.493 e. The van der Waals surface area contributed by atoms with Crippen molar-refractivity contribution in [2.75, 3.05) is 26.3 Å². The van der Waals surface area contributed by atoms with E-state index in [0.717, 1.165) is 29.7 Å². The lowest BCUT2D eigenvalue weighted by atomic mass is 10.1. The summed E-state index contributed by atoms with van der Waals surface area (Å²) < 4.78 is 10.9. The van der Waals surface area contributed by atoms with E-state index in [9.17, 15) is 9.59 Å². The molecule has 148 valence electrons. The number of nitrogens with zero attached hydrogens (tertiary/aromatic N) is 1. The molecule has 0 radical (unpaired) electrons. The lowest BCUT2D eigenvalue weighted by molar-refractivity contribution is -0.122. The normalized spacial score (nSPS) is 14.5. The number of likely N-dealkylation sites (tertiary alicyclic amines) is 1. The second-order valence-corrected chi connectivity index (χ2v) is 6.87. The fourth-order valence-electron chi connectivity index (χ4n) is 3.16. The van der Waals surface area contributed by atoms with Gasteiger partial charge in [0, 0.05) is 25.6 Å². The lowest BCUT2D eigenvalue weighted by Gasteiger charge is -2.31. The summed E-state index contributed by atoms with van der Waals surface area (Å²) in [6, 6.07) is 6.17. The van der Waals surface area contributed by atoms with E-state index in [-0.39, 0.29) is 24.6 Å². The number of carbonyl (C=O) groups excluding carboxylic acids is 2. The molecule has 1 aromatic rings. The Kier molecular flexibility index (Phi) is 8.17. The van der Waals surface area contributed by atoms with Crippen molar-refractivity contribution in [3.8, 4) is 5.75 Å². The van der Waals surface area contributed by atoms with Crippen molar-refractivity contribution in [2.24, 2.45) is 0 Å². The quantitative estimate of drug-likeness (QED) is 0.560. The fourth-order valence-corrected chi connectivity index (χ4v) is 3.16. The van der Waals surface area contributed by atoms with Crippen LogP contribution in [0.25, 0.3) is 0 Å². The maximum atomic E-state index is 12.1. The van der Waals surface area contributed by atoms with Crippen LogP contribution in [0.3, 0.4) is 0 Å². The van der Waals surface area contributed by atoms with Gasteiger partial charge in [-0.3, -0.25) is 4.79 Å². The van der Waals surface area contributed by atoms with Crippen molar-refractivity contribution in [1.29, 1.82) is 0 Å². The van der Waals surface area contributed by atoms with E-state index in [1.807, 2.05) is 32.0 Å². The van der Waals surface area contributed by atoms with Gasteiger partial charge in [-0.25, -0.2) is 4.79 Å². The van der Waals surface area contributed by atoms with E-state index in [0.29, 0.717) is 32.5 Å². The molecule has 0 bridgehead atoms. The highest BCUT2D eigenvalue weighted by Crippen LogP contribution is 2.22. The first kappa shape index (κ1) is 20.8. The molecule has 1 saturated heterocycles. The molecular weight excluding hydrogens is 344 g/mol. The zero-order chi connectivity index (χ0) is 19.6. The molecule has 1 heterocycles. The van der Waals surface area contributed by atoms with Crippen molar-refractivity contribution in [2.45, 2.75) is 45.6 Å². The van der Waals surface area contributed by atoms with Crippen LogP contribution in [0.2, 0.25) is 0 Å². The van der Waals surface area contributed by atoms with Crippen LogP contribution in [-0.2, 0) is 9.53 Å². The standard InChI is InChI=1S/C21H30N2O4/c1-4-14-27-21(25)23-12-10-18(11-13-23)22-19(24)9-6-15-26-20-16(2)7-5-8-17(20)3/h4-5,7-8,18H,1,6,9-15H2,2-3H3,(H,22,24). The first-order valence-electron chi connectivity index (χ1n) is 9.52. The van der Waals surface area contributed by atoms with Gasteiger partial charge in [0.1, 0.15) is 12.4 Å². The molecule has 2 amide bonds. The Morgan fingerprint density at radius 3 is 2.56 bits per heavy atom. The molecule has 27 heavy (non-hydrogen) atoms. The summed E-state index contributed by atoms with van der Waals surface area (Å²) in [7, 11) is 0. The summed E-state index contributed by atoms with van der Waals surface area (Å²) in [4.78, 5) is 25.6. The number of piperidine rings is 1. The van der Waals surface area contributed by atoms with Crippen LogP contribution in [-0.4, -0.2) is 49.2 Å². The molecule has 1 fully saturated rings. The van der Waals surface area contributed by atoms with Crippen LogP contribution >= 0.6 is 0 Å². The van der Waals surface area contributed by atoms with Crippen LogP contribution in [0.5, 0.6) is 5.75 Å². The first-order chi connectivity index (χ1) is 13.0. The van der Waals surface area contributed by atoms with Crippen LogP contribution in [0, 0.1) is 13.8 Å². The van der Waals surface area contributed by atoms with Gasteiger partial charge in [0.2, 0.25) is 5.91 Å². The number of rotatable bonds is 8. The number of para-hydroxylation sites is 1. The van der Waals surface area contributed by atoms with Gasteiger partial charge >= 0.3 is 6.09 Å². The van der Waals surface area contributed by atoms with Gasteiger partial charge < -0.3 is 19.7 Å². The molecule has 2 rings (SSSR count). The van der Waals surface area contributed by atoms with E-state index >= 15 is 0 Å². The average Bonchev–Trinajstić information content (AvgIpc) is 2.65. The SMILES string of the molecule is C=CCOC(=O)N1CCC(NC(=O)CCCOc2c(C)cccc2C)CC1. The van der Waals surface area contributed by atoms with Crippen LogP contribution in [0.15, 0.2) is 30.9 Å². The maximum Gasteiger partial charge on any atom is 0.410 e. The van der Waals surface area contributed by atoms with Crippen LogP contribution in [0.4, 0.5) is 4.79 Å². The zero-order valence-corrected chi connectivity index (χ0v) is 16.3.